The highest BCUT2D eigenvalue weighted by Gasteiger charge is 2.52. The summed E-state index contributed by atoms with van der Waals surface area (Å²) >= 11 is 0. The molecule has 13 rings (SSSR count). The van der Waals surface area contributed by atoms with Gasteiger partial charge in [0.2, 0.25) is 0 Å². The first-order valence-electron chi connectivity index (χ1n) is 19.9. The number of aromatic nitrogens is 2. The summed E-state index contributed by atoms with van der Waals surface area (Å²) in [6.07, 6.45) is 4.44. The number of anilines is 1. The van der Waals surface area contributed by atoms with Crippen LogP contribution in [0, 0.1) is 0 Å². The van der Waals surface area contributed by atoms with Gasteiger partial charge < -0.3 is 14.5 Å². The zero-order valence-electron chi connectivity index (χ0n) is 31.1. The highest BCUT2D eigenvalue weighted by Crippen LogP contribution is 2.64. The summed E-state index contributed by atoms with van der Waals surface area (Å²) < 4.78 is 4.88. The summed E-state index contributed by atoms with van der Waals surface area (Å²) in [6, 6.07) is 67.8. The number of para-hydroxylation sites is 2. The van der Waals surface area contributed by atoms with Gasteiger partial charge in [-0.1, -0.05) is 152 Å². The van der Waals surface area contributed by atoms with E-state index in [4.69, 9.17) is 0 Å². The van der Waals surface area contributed by atoms with Crippen molar-refractivity contribution in [3.63, 3.8) is 0 Å². The average molecular weight is 726 g/mol. The van der Waals surface area contributed by atoms with Crippen LogP contribution in [-0.4, -0.2) is 15.7 Å². The molecule has 0 bridgehead atoms. The fourth-order valence-corrected chi connectivity index (χ4v) is 10.7. The summed E-state index contributed by atoms with van der Waals surface area (Å²) in [7, 11) is 0. The van der Waals surface area contributed by atoms with Crippen LogP contribution in [0.5, 0.6) is 0 Å². The van der Waals surface area contributed by atoms with Gasteiger partial charge in [-0.3, -0.25) is 0 Å². The molecule has 8 aromatic carbocycles. The Morgan fingerprint density at radius 1 is 0.421 bits per heavy atom. The van der Waals surface area contributed by atoms with E-state index in [1.807, 2.05) is 0 Å². The van der Waals surface area contributed by atoms with Crippen molar-refractivity contribution in [3.8, 4) is 44.8 Å². The second kappa shape index (κ2) is 11.3. The summed E-state index contributed by atoms with van der Waals surface area (Å²) in [4.78, 5) is 0. The first kappa shape index (κ1) is 30.9. The van der Waals surface area contributed by atoms with Gasteiger partial charge in [0, 0.05) is 39.6 Å². The molecule has 2 aromatic heterocycles. The van der Waals surface area contributed by atoms with Crippen molar-refractivity contribution in [1.29, 1.82) is 0 Å². The Bertz CT molecular complexity index is 3290. The normalized spacial score (nSPS) is 14.1. The molecular formula is C54H35N3. The van der Waals surface area contributed by atoms with Crippen LogP contribution < -0.4 is 5.32 Å². The van der Waals surface area contributed by atoms with Crippen LogP contribution in [-0.2, 0) is 5.41 Å². The Hall–Kier alpha value is -7.36. The lowest BCUT2D eigenvalue weighted by atomic mass is 9.70. The molecule has 1 N–H and O–H groups in total. The second-order valence-corrected chi connectivity index (χ2v) is 15.6. The van der Waals surface area contributed by atoms with Crippen molar-refractivity contribution in [2.75, 3.05) is 11.9 Å². The molecule has 3 heterocycles. The number of nitrogens with zero attached hydrogens (tertiary/aromatic N) is 2. The molecule has 1 aliphatic heterocycles. The molecular weight excluding hydrogens is 691 g/mol. The van der Waals surface area contributed by atoms with E-state index in [2.05, 4.69) is 209 Å². The van der Waals surface area contributed by atoms with Crippen molar-refractivity contribution in [1.82, 2.24) is 9.13 Å². The third kappa shape index (κ3) is 3.95. The summed E-state index contributed by atoms with van der Waals surface area (Å²) in [5.74, 6) is 0. The number of hydrogen-bond acceptors (Lipinski definition) is 1. The van der Waals surface area contributed by atoms with Gasteiger partial charge in [0.05, 0.1) is 33.3 Å². The van der Waals surface area contributed by atoms with Gasteiger partial charge in [0.25, 0.3) is 0 Å². The zero-order valence-corrected chi connectivity index (χ0v) is 31.1. The summed E-state index contributed by atoms with van der Waals surface area (Å²) in [5.41, 5.74) is 21.2. The Morgan fingerprint density at radius 3 is 1.61 bits per heavy atom. The highest BCUT2D eigenvalue weighted by molar-refractivity contribution is 6.16. The Kier molecular flexibility index (Phi) is 6.15. The fraction of sp³-hybridized carbons (Fsp3) is 0.0370. The molecule has 266 valence electrons. The monoisotopic (exact) mass is 725 g/mol. The van der Waals surface area contributed by atoms with E-state index in [-0.39, 0.29) is 5.41 Å². The van der Waals surface area contributed by atoms with E-state index in [0.29, 0.717) is 0 Å². The molecule has 3 aliphatic rings. The molecule has 3 nitrogen and oxygen atoms in total. The number of rotatable bonds is 3. The first-order valence-corrected chi connectivity index (χ1v) is 19.9. The lowest BCUT2D eigenvalue weighted by Gasteiger charge is -2.30. The number of fused-ring (bicyclic) bond motifs is 17. The SMILES string of the molecule is C1=Cc2c(c3ccccc3n2-c2ccc(-c3ccc(-n4c5ccccc5c5ccc6c(c54)-c4ccccc4C64c5ccccc5-c5ccccc54)cc3)cc2)NC1. The smallest absolute Gasteiger partial charge is 0.0726 e. The van der Waals surface area contributed by atoms with E-state index < -0.39 is 0 Å². The van der Waals surface area contributed by atoms with Crippen molar-refractivity contribution in [2.24, 2.45) is 0 Å². The fourth-order valence-electron chi connectivity index (χ4n) is 10.7. The summed E-state index contributed by atoms with van der Waals surface area (Å²) in [5, 5.41) is 7.40. The number of benzene rings is 8. The Balaban J connectivity index is 0.984. The molecule has 3 heteroatoms. The Labute approximate surface area is 330 Å². The molecule has 1 spiro atoms. The van der Waals surface area contributed by atoms with Gasteiger partial charge in [0.15, 0.2) is 0 Å². The van der Waals surface area contributed by atoms with Crippen LogP contribution in [0.15, 0.2) is 188 Å². The zero-order chi connectivity index (χ0) is 37.2. The van der Waals surface area contributed by atoms with Gasteiger partial charge in [0.1, 0.15) is 0 Å². The van der Waals surface area contributed by atoms with Crippen molar-refractivity contribution in [3.05, 3.63) is 216 Å². The minimum Gasteiger partial charge on any atom is -0.379 e. The maximum atomic E-state index is 3.60. The molecule has 0 fully saturated rings. The molecule has 2 aliphatic carbocycles. The van der Waals surface area contributed by atoms with Crippen LogP contribution in [0.2, 0.25) is 0 Å². The lowest BCUT2D eigenvalue weighted by Crippen LogP contribution is -2.25. The van der Waals surface area contributed by atoms with Gasteiger partial charge in [-0.05, 0) is 92.5 Å². The van der Waals surface area contributed by atoms with E-state index in [0.717, 1.165) is 17.9 Å². The predicted octanol–water partition coefficient (Wildman–Crippen LogP) is 13.2. The number of hydrogen-bond donors (Lipinski definition) is 1. The van der Waals surface area contributed by atoms with Crippen LogP contribution >= 0.6 is 0 Å². The number of nitrogens with one attached hydrogen (secondary N) is 1. The van der Waals surface area contributed by atoms with Crippen molar-refractivity contribution >= 4 is 44.5 Å². The molecule has 0 unspecified atom stereocenters. The van der Waals surface area contributed by atoms with Crippen molar-refractivity contribution < 1.29 is 0 Å². The predicted molar refractivity (Wildman–Crippen MR) is 237 cm³/mol. The maximum absolute atomic E-state index is 3.60. The molecule has 57 heavy (non-hydrogen) atoms. The van der Waals surface area contributed by atoms with Crippen LogP contribution in [0.3, 0.4) is 0 Å². The van der Waals surface area contributed by atoms with Crippen LogP contribution in [0.25, 0.3) is 83.5 Å². The molecule has 0 saturated heterocycles. The molecule has 0 saturated carbocycles. The second-order valence-electron chi connectivity index (χ2n) is 15.6. The summed E-state index contributed by atoms with van der Waals surface area (Å²) in [6.45, 7) is 0.851. The molecule has 0 atom stereocenters. The lowest BCUT2D eigenvalue weighted by molar-refractivity contribution is 0.794. The Morgan fingerprint density at radius 2 is 0.947 bits per heavy atom. The average Bonchev–Trinajstić information content (AvgIpc) is 3.99. The van der Waals surface area contributed by atoms with Crippen LogP contribution in [0.1, 0.15) is 27.9 Å². The first-order chi connectivity index (χ1) is 28.3. The highest BCUT2D eigenvalue weighted by atomic mass is 15.0. The molecule has 0 amide bonds. The minimum atomic E-state index is -0.385. The topological polar surface area (TPSA) is 21.9 Å². The van der Waals surface area contributed by atoms with Gasteiger partial charge in [-0.15, -0.1) is 0 Å². The maximum Gasteiger partial charge on any atom is 0.0726 e. The van der Waals surface area contributed by atoms with Gasteiger partial charge in [-0.25, -0.2) is 0 Å². The standard InChI is InChI=1S/C54H35N3/c1-6-17-44-38(12-1)39-13-2-7-18-45(39)54(44)46-19-8-3-15-42(46)51-47(54)32-31-41-40-14-4-9-20-48(40)57(53(41)51)37-29-25-35(26-30-37)34-23-27-36(28-24-34)56-49-21-10-5-16-43(49)52-50(56)22-11-33-55-52/h1-32,55H,33H2. The van der Waals surface area contributed by atoms with Crippen molar-refractivity contribution in [2.45, 2.75) is 5.41 Å². The van der Waals surface area contributed by atoms with E-state index in [9.17, 15) is 0 Å². The third-order valence-electron chi connectivity index (χ3n) is 13.0. The quantitative estimate of drug-likeness (QED) is 0.192. The largest absolute Gasteiger partial charge is 0.379 e. The van der Waals surface area contributed by atoms with E-state index in [1.165, 1.54) is 99.7 Å². The molecule has 0 radical (unpaired) electrons. The van der Waals surface area contributed by atoms with E-state index in [1.54, 1.807) is 0 Å². The van der Waals surface area contributed by atoms with Gasteiger partial charge in [-0.2, -0.15) is 0 Å². The minimum absolute atomic E-state index is 0.385. The van der Waals surface area contributed by atoms with Crippen LogP contribution in [0.4, 0.5) is 5.69 Å². The molecule has 10 aromatic rings. The third-order valence-corrected chi connectivity index (χ3v) is 13.0. The van der Waals surface area contributed by atoms with E-state index >= 15 is 0 Å². The van der Waals surface area contributed by atoms with Gasteiger partial charge >= 0.3 is 0 Å².